The Kier molecular flexibility index (Phi) is 4.83. The van der Waals surface area contributed by atoms with E-state index in [9.17, 15) is 5.11 Å². The first kappa shape index (κ1) is 14.4. The van der Waals surface area contributed by atoms with Gasteiger partial charge >= 0.3 is 0 Å². The van der Waals surface area contributed by atoms with E-state index in [2.05, 4.69) is 13.8 Å². The monoisotopic (exact) mass is 264 g/mol. The predicted molar refractivity (Wildman–Crippen MR) is 75.3 cm³/mol. The highest BCUT2D eigenvalue weighted by Crippen LogP contribution is 2.29. The molecular weight excluding hydrogens is 240 g/mol. The third-order valence-corrected chi connectivity index (χ3v) is 3.83. The predicted octanol–water partition coefficient (Wildman–Crippen LogP) is 3.82. The smallest absolute Gasteiger partial charge is 0.155 e. The number of benzene rings is 1. The minimum Gasteiger partial charge on any atom is -0.508 e. The Morgan fingerprint density at radius 3 is 2.47 bits per heavy atom. The molecule has 0 saturated carbocycles. The third kappa shape index (κ3) is 3.95. The van der Waals surface area contributed by atoms with E-state index in [1.54, 1.807) is 12.1 Å². The van der Waals surface area contributed by atoms with Crippen LogP contribution in [0.1, 0.15) is 51.5 Å². The summed E-state index contributed by atoms with van der Waals surface area (Å²) in [5, 5.41) is 9.32. The summed E-state index contributed by atoms with van der Waals surface area (Å²) in [5.74, 6) is 0.742. The van der Waals surface area contributed by atoms with Gasteiger partial charge in [-0.3, -0.25) is 0 Å². The molecule has 3 heteroatoms. The number of phenols is 1. The molecule has 1 saturated heterocycles. The molecule has 0 aromatic heterocycles. The van der Waals surface area contributed by atoms with Gasteiger partial charge in [-0.05, 0) is 43.4 Å². The van der Waals surface area contributed by atoms with Crippen LogP contribution in [0.4, 0.5) is 0 Å². The summed E-state index contributed by atoms with van der Waals surface area (Å²) in [6.07, 6.45) is 3.49. The highest BCUT2D eigenvalue weighted by Gasteiger charge is 2.27. The van der Waals surface area contributed by atoms with Crippen molar-refractivity contribution in [2.45, 2.75) is 64.4 Å². The van der Waals surface area contributed by atoms with E-state index in [1.807, 2.05) is 19.1 Å². The Bertz CT molecular complexity index is 387. The molecule has 4 unspecified atom stereocenters. The summed E-state index contributed by atoms with van der Waals surface area (Å²) in [7, 11) is 0. The van der Waals surface area contributed by atoms with Crippen molar-refractivity contribution in [2.24, 2.45) is 0 Å². The summed E-state index contributed by atoms with van der Waals surface area (Å²) < 4.78 is 11.6. The van der Waals surface area contributed by atoms with Crippen LogP contribution in [0.15, 0.2) is 24.3 Å². The van der Waals surface area contributed by atoms with E-state index >= 15 is 0 Å². The topological polar surface area (TPSA) is 38.7 Å². The Balaban J connectivity index is 1.94. The number of phenolic OH excluding ortho intramolecular Hbond substituents is 1. The summed E-state index contributed by atoms with van der Waals surface area (Å²) in [5.41, 5.74) is 1.24. The second-order valence-electron chi connectivity index (χ2n) is 5.46. The molecule has 2 rings (SSSR count). The minimum atomic E-state index is -0.101. The number of ether oxygens (including phenoxy) is 2. The van der Waals surface area contributed by atoms with E-state index in [4.69, 9.17) is 9.47 Å². The van der Waals surface area contributed by atoms with Gasteiger partial charge in [0.1, 0.15) is 5.75 Å². The average Bonchev–Trinajstić information content (AvgIpc) is 2.38. The number of hydrogen-bond acceptors (Lipinski definition) is 3. The second kappa shape index (κ2) is 6.40. The van der Waals surface area contributed by atoms with E-state index in [-0.39, 0.29) is 12.4 Å². The molecule has 1 N–H and O–H groups in total. The highest BCUT2D eigenvalue weighted by molar-refractivity contribution is 5.28. The lowest BCUT2D eigenvalue weighted by Gasteiger charge is -2.35. The van der Waals surface area contributed by atoms with Gasteiger partial charge in [-0.1, -0.05) is 26.0 Å². The number of hydrogen-bond donors (Lipinski definition) is 1. The van der Waals surface area contributed by atoms with Gasteiger partial charge in [0.05, 0.1) is 12.2 Å². The highest BCUT2D eigenvalue weighted by atomic mass is 16.7. The maximum Gasteiger partial charge on any atom is 0.155 e. The van der Waals surface area contributed by atoms with E-state index in [0.29, 0.717) is 17.8 Å². The normalized spacial score (nSPS) is 29.1. The van der Waals surface area contributed by atoms with Crippen molar-refractivity contribution in [3.8, 4) is 5.75 Å². The number of rotatable bonds is 4. The quantitative estimate of drug-likeness (QED) is 0.898. The molecule has 1 heterocycles. The van der Waals surface area contributed by atoms with E-state index < -0.39 is 0 Å². The zero-order valence-electron chi connectivity index (χ0n) is 12.0. The molecule has 0 spiro atoms. The zero-order valence-corrected chi connectivity index (χ0v) is 12.0. The molecule has 1 aliphatic rings. The molecule has 19 heavy (non-hydrogen) atoms. The maximum absolute atomic E-state index is 9.32. The molecule has 1 aliphatic heterocycles. The van der Waals surface area contributed by atoms with E-state index in [0.717, 1.165) is 19.3 Å². The van der Waals surface area contributed by atoms with E-state index in [1.165, 1.54) is 5.56 Å². The Hall–Kier alpha value is -1.06. The molecule has 1 aromatic rings. The van der Waals surface area contributed by atoms with Crippen molar-refractivity contribution in [2.75, 3.05) is 0 Å². The summed E-state index contributed by atoms with van der Waals surface area (Å²) in [6, 6.07) is 7.46. The Morgan fingerprint density at radius 2 is 1.84 bits per heavy atom. The lowest BCUT2D eigenvalue weighted by Crippen LogP contribution is -2.36. The molecule has 0 aliphatic carbocycles. The second-order valence-corrected chi connectivity index (χ2v) is 5.46. The minimum absolute atomic E-state index is 0.101. The SMILES string of the molecule is CCC1CC(CC(C)c2ccc(O)cc2)OC(C)O1. The number of aromatic hydroxyl groups is 1. The van der Waals surface area contributed by atoms with Crippen molar-refractivity contribution < 1.29 is 14.6 Å². The first-order valence-corrected chi connectivity index (χ1v) is 7.18. The third-order valence-electron chi connectivity index (χ3n) is 3.83. The van der Waals surface area contributed by atoms with Gasteiger partial charge in [0.25, 0.3) is 0 Å². The Labute approximate surface area is 115 Å². The van der Waals surface area contributed by atoms with Crippen LogP contribution in [-0.4, -0.2) is 23.6 Å². The van der Waals surface area contributed by atoms with Crippen LogP contribution >= 0.6 is 0 Å². The summed E-state index contributed by atoms with van der Waals surface area (Å²) in [6.45, 7) is 6.33. The Morgan fingerprint density at radius 1 is 1.21 bits per heavy atom. The lowest BCUT2D eigenvalue weighted by molar-refractivity contribution is -0.235. The molecule has 106 valence electrons. The van der Waals surface area contributed by atoms with Gasteiger partial charge in [0, 0.05) is 6.42 Å². The molecule has 4 atom stereocenters. The largest absolute Gasteiger partial charge is 0.508 e. The molecule has 1 aromatic carbocycles. The van der Waals surface area contributed by atoms with Gasteiger partial charge < -0.3 is 14.6 Å². The standard InChI is InChI=1S/C16H24O3/c1-4-15-10-16(19-12(3)18-15)9-11(2)13-5-7-14(17)8-6-13/h5-8,11-12,15-17H,4,9-10H2,1-3H3. The molecule has 0 radical (unpaired) electrons. The fourth-order valence-electron chi connectivity index (χ4n) is 2.73. The fourth-order valence-corrected chi connectivity index (χ4v) is 2.73. The molecule has 0 bridgehead atoms. The van der Waals surface area contributed by atoms with Gasteiger partial charge in [-0.15, -0.1) is 0 Å². The van der Waals surface area contributed by atoms with Gasteiger partial charge in [-0.2, -0.15) is 0 Å². The van der Waals surface area contributed by atoms with Crippen LogP contribution in [0.2, 0.25) is 0 Å². The van der Waals surface area contributed by atoms with Crippen LogP contribution in [0.25, 0.3) is 0 Å². The van der Waals surface area contributed by atoms with Crippen molar-refractivity contribution in [3.05, 3.63) is 29.8 Å². The zero-order chi connectivity index (χ0) is 13.8. The van der Waals surface area contributed by atoms with Crippen LogP contribution < -0.4 is 0 Å². The molecular formula is C16H24O3. The molecule has 1 fully saturated rings. The lowest BCUT2D eigenvalue weighted by atomic mass is 9.92. The first-order valence-electron chi connectivity index (χ1n) is 7.18. The van der Waals surface area contributed by atoms with Gasteiger partial charge in [0.15, 0.2) is 6.29 Å². The van der Waals surface area contributed by atoms with Crippen LogP contribution in [0, 0.1) is 0 Å². The summed E-state index contributed by atoms with van der Waals surface area (Å²) >= 11 is 0. The first-order chi connectivity index (χ1) is 9.08. The molecule has 3 nitrogen and oxygen atoms in total. The van der Waals surface area contributed by atoms with Gasteiger partial charge in [0.2, 0.25) is 0 Å². The van der Waals surface area contributed by atoms with Gasteiger partial charge in [-0.25, -0.2) is 0 Å². The van der Waals surface area contributed by atoms with Crippen LogP contribution in [0.5, 0.6) is 5.75 Å². The maximum atomic E-state index is 9.32. The molecule has 0 amide bonds. The van der Waals surface area contributed by atoms with Crippen molar-refractivity contribution in [1.82, 2.24) is 0 Å². The van der Waals surface area contributed by atoms with Crippen LogP contribution in [0.3, 0.4) is 0 Å². The van der Waals surface area contributed by atoms with Crippen molar-refractivity contribution >= 4 is 0 Å². The fraction of sp³-hybridized carbons (Fsp3) is 0.625. The average molecular weight is 264 g/mol. The van der Waals surface area contributed by atoms with Crippen LogP contribution in [-0.2, 0) is 9.47 Å². The van der Waals surface area contributed by atoms with Crippen molar-refractivity contribution in [1.29, 1.82) is 0 Å². The summed E-state index contributed by atoms with van der Waals surface area (Å²) in [4.78, 5) is 0. The van der Waals surface area contributed by atoms with Crippen molar-refractivity contribution in [3.63, 3.8) is 0 Å².